The summed E-state index contributed by atoms with van der Waals surface area (Å²) in [6.45, 7) is 2.41. The first-order chi connectivity index (χ1) is 12.0. The van der Waals surface area contributed by atoms with Gasteiger partial charge in [-0.3, -0.25) is 4.79 Å². The molecule has 1 aliphatic rings. The number of rotatable bonds is 3. The zero-order valence-electron chi connectivity index (χ0n) is 14.2. The third kappa shape index (κ3) is 2.79. The van der Waals surface area contributed by atoms with E-state index in [0.29, 0.717) is 18.7 Å². The van der Waals surface area contributed by atoms with Crippen LogP contribution in [0.4, 0.5) is 0 Å². The summed E-state index contributed by atoms with van der Waals surface area (Å²) in [6.07, 6.45) is 0.886. The average molecular weight is 338 g/mol. The molecule has 130 valence electrons. The van der Waals surface area contributed by atoms with E-state index in [9.17, 15) is 9.90 Å². The number of aryl methyl sites for hydroxylation is 1. The van der Waals surface area contributed by atoms with Crippen molar-refractivity contribution in [3.05, 3.63) is 47.7 Å². The molecule has 0 spiro atoms. The first-order valence-corrected chi connectivity index (χ1v) is 8.67. The van der Waals surface area contributed by atoms with Crippen LogP contribution in [0, 0.1) is 12.8 Å². The first-order valence-electron chi connectivity index (χ1n) is 8.67. The van der Waals surface area contributed by atoms with Gasteiger partial charge in [-0.15, -0.1) is 0 Å². The van der Waals surface area contributed by atoms with Crippen LogP contribution in [0.5, 0.6) is 0 Å². The normalized spacial score (nSPS) is 23.4. The van der Waals surface area contributed by atoms with Crippen LogP contribution in [0.15, 0.2) is 40.8 Å². The van der Waals surface area contributed by atoms with Crippen molar-refractivity contribution in [3.8, 4) is 0 Å². The second-order valence-electron chi connectivity index (χ2n) is 7.00. The van der Waals surface area contributed by atoms with Gasteiger partial charge in [0.2, 0.25) is 0 Å². The first kappa shape index (κ1) is 16.1. The minimum Gasteiger partial charge on any atom is -0.450 e. The second kappa shape index (κ2) is 6.17. The van der Waals surface area contributed by atoms with Gasteiger partial charge < -0.3 is 20.6 Å². The Morgan fingerprint density at radius 3 is 2.80 bits per heavy atom. The van der Waals surface area contributed by atoms with Gasteiger partial charge >= 0.3 is 0 Å². The Bertz CT molecular complexity index is 937. The molecule has 3 aromatic rings. The van der Waals surface area contributed by atoms with Gasteiger partial charge in [-0.2, -0.15) is 0 Å². The molecule has 25 heavy (non-hydrogen) atoms. The zero-order chi connectivity index (χ0) is 17.6. The van der Waals surface area contributed by atoms with Crippen LogP contribution in [-0.2, 0) is 0 Å². The highest BCUT2D eigenvalue weighted by atomic mass is 16.3. The highest BCUT2D eigenvalue weighted by Crippen LogP contribution is 2.32. The average Bonchev–Trinajstić information content (AvgIpc) is 3.12. The van der Waals surface area contributed by atoms with Crippen molar-refractivity contribution in [3.63, 3.8) is 0 Å². The molecule has 3 atom stereocenters. The number of carbonyl (C=O) groups is 1. The van der Waals surface area contributed by atoms with Crippen LogP contribution < -0.4 is 11.1 Å². The molecule has 5 heteroatoms. The number of furan rings is 1. The Hall–Kier alpha value is -2.37. The molecule has 0 bridgehead atoms. The lowest BCUT2D eigenvalue weighted by Crippen LogP contribution is -2.29. The van der Waals surface area contributed by atoms with Gasteiger partial charge in [0.15, 0.2) is 5.76 Å². The van der Waals surface area contributed by atoms with Crippen molar-refractivity contribution in [2.45, 2.75) is 31.9 Å². The largest absolute Gasteiger partial charge is 0.450 e. The van der Waals surface area contributed by atoms with E-state index in [-0.39, 0.29) is 17.9 Å². The minimum atomic E-state index is -0.471. The summed E-state index contributed by atoms with van der Waals surface area (Å²) in [5.74, 6) is 0.349. The van der Waals surface area contributed by atoms with Crippen LogP contribution >= 0.6 is 0 Å². The number of carbonyl (C=O) groups excluding carboxylic acids is 1. The van der Waals surface area contributed by atoms with Crippen LogP contribution in [0.25, 0.3) is 21.7 Å². The highest BCUT2D eigenvalue weighted by molar-refractivity contribution is 6.08. The predicted molar refractivity (Wildman–Crippen MR) is 97.5 cm³/mol. The molecular formula is C20H22N2O3. The van der Waals surface area contributed by atoms with Crippen molar-refractivity contribution >= 4 is 27.6 Å². The molecule has 4 N–H and O–H groups in total. The van der Waals surface area contributed by atoms with Gasteiger partial charge in [0.25, 0.3) is 5.91 Å². The monoisotopic (exact) mass is 338 g/mol. The smallest absolute Gasteiger partial charge is 0.287 e. The number of benzene rings is 2. The van der Waals surface area contributed by atoms with Gasteiger partial charge in [0, 0.05) is 28.9 Å². The Morgan fingerprint density at radius 2 is 2.04 bits per heavy atom. The summed E-state index contributed by atoms with van der Waals surface area (Å²) in [7, 11) is 0. The van der Waals surface area contributed by atoms with Gasteiger partial charge in [-0.05, 0) is 31.1 Å². The molecule has 5 nitrogen and oxygen atoms in total. The molecule has 1 heterocycles. The van der Waals surface area contributed by atoms with Crippen LogP contribution in [0.1, 0.15) is 29.0 Å². The Kier molecular flexibility index (Phi) is 3.98. The van der Waals surface area contributed by atoms with Gasteiger partial charge in [-0.25, -0.2) is 0 Å². The molecule has 0 radical (unpaired) electrons. The molecule has 1 amide bonds. The van der Waals surface area contributed by atoms with E-state index in [2.05, 4.69) is 5.32 Å². The minimum absolute atomic E-state index is 0.193. The van der Waals surface area contributed by atoms with Crippen LogP contribution in [0.3, 0.4) is 0 Å². The molecule has 1 saturated carbocycles. The van der Waals surface area contributed by atoms with E-state index >= 15 is 0 Å². The molecule has 1 fully saturated rings. The fraction of sp³-hybridized carbons (Fsp3) is 0.350. The van der Waals surface area contributed by atoms with E-state index in [1.807, 2.05) is 43.3 Å². The van der Waals surface area contributed by atoms with E-state index in [4.69, 9.17) is 10.2 Å². The van der Waals surface area contributed by atoms with E-state index in [0.717, 1.165) is 33.7 Å². The number of hydrogen-bond acceptors (Lipinski definition) is 4. The third-order valence-corrected chi connectivity index (χ3v) is 5.26. The third-order valence-electron chi connectivity index (χ3n) is 5.26. The molecule has 4 rings (SSSR count). The quantitative estimate of drug-likeness (QED) is 0.685. The Morgan fingerprint density at radius 1 is 1.24 bits per heavy atom. The van der Waals surface area contributed by atoms with Crippen molar-refractivity contribution in [2.75, 3.05) is 6.54 Å². The summed E-state index contributed by atoms with van der Waals surface area (Å²) >= 11 is 0. The lowest BCUT2D eigenvalue weighted by molar-refractivity contribution is 0.0918. The SMILES string of the molecule is Cc1c(C(=O)NC[C@@H]2C[C@H](N)[C@@H](O)C2)oc2c1ccc1ccccc12. The van der Waals surface area contributed by atoms with Gasteiger partial charge in [0.05, 0.1) is 6.10 Å². The van der Waals surface area contributed by atoms with Gasteiger partial charge in [0.1, 0.15) is 5.58 Å². The Labute approximate surface area is 145 Å². The summed E-state index contributed by atoms with van der Waals surface area (Å²) in [5.41, 5.74) is 7.43. The van der Waals surface area contributed by atoms with Crippen molar-refractivity contribution < 1.29 is 14.3 Å². The summed E-state index contributed by atoms with van der Waals surface area (Å²) in [4.78, 5) is 12.6. The topological polar surface area (TPSA) is 88.5 Å². The standard InChI is InChI=1S/C20H22N2O3/c1-11-14-7-6-13-4-2-3-5-15(13)19(14)25-18(11)20(24)22-10-12-8-16(21)17(23)9-12/h2-7,12,16-17,23H,8-10,21H2,1H3,(H,22,24)/t12-,16+,17+/m1/s1. The van der Waals surface area contributed by atoms with E-state index in [1.165, 1.54) is 0 Å². The molecule has 0 saturated heterocycles. The van der Waals surface area contributed by atoms with E-state index in [1.54, 1.807) is 0 Å². The lowest BCUT2D eigenvalue weighted by atomic mass is 10.1. The number of nitrogens with two attached hydrogens (primary N) is 1. The van der Waals surface area contributed by atoms with Gasteiger partial charge in [-0.1, -0.05) is 36.4 Å². The number of aliphatic hydroxyl groups is 1. The maximum Gasteiger partial charge on any atom is 0.287 e. The molecule has 2 aromatic carbocycles. The predicted octanol–water partition coefficient (Wildman–Crippen LogP) is 2.72. The fourth-order valence-electron chi connectivity index (χ4n) is 3.80. The maximum absolute atomic E-state index is 12.6. The molecule has 0 unspecified atom stereocenters. The number of fused-ring (bicyclic) bond motifs is 3. The molecule has 1 aromatic heterocycles. The number of amides is 1. The second-order valence-corrected chi connectivity index (χ2v) is 7.00. The Balaban J connectivity index is 1.59. The van der Waals surface area contributed by atoms with Crippen LogP contribution in [0.2, 0.25) is 0 Å². The number of aliphatic hydroxyl groups excluding tert-OH is 1. The molecule has 0 aliphatic heterocycles. The highest BCUT2D eigenvalue weighted by Gasteiger charge is 2.30. The maximum atomic E-state index is 12.6. The molecular weight excluding hydrogens is 316 g/mol. The summed E-state index contributed by atoms with van der Waals surface area (Å²) in [5, 5.41) is 15.7. The number of hydrogen-bond donors (Lipinski definition) is 3. The summed E-state index contributed by atoms with van der Waals surface area (Å²) < 4.78 is 5.95. The summed E-state index contributed by atoms with van der Waals surface area (Å²) in [6, 6.07) is 11.8. The van der Waals surface area contributed by atoms with Crippen molar-refractivity contribution in [1.29, 1.82) is 0 Å². The number of nitrogens with one attached hydrogen (secondary N) is 1. The lowest BCUT2D eigenvalue weighted by Gasteiger charge is -2.10. The van der Waals surface area contributed by atoms with Crippen molar-refractivity contribution in [1.82, 2.24) is 5.32 Å². The van der Waals surface area contributed by atoms with E-state index < -0.39 is 6.10 Å². The van der Waals surface area contributed by atoms with Crippen LogP contribution in [-0.4, -0.2) is 29.7 Å². The fourth-order valence-corrected chi connectivity index (χ4v) is 3.80. The van der Waals surface area contributed by atoms with Crippen molar-refractivity contribution in [2.24, 2.45) is 11.7 Å². The zero-order valence-corrected chi connectivity index (χ0v) is 14.2. The molecule has 1 aliphatic carbocycles.